The lowest BCUT2D eigenvalue weighted by Gasteiger charge is -2.37. The topological polar surface area (TPSA) is 53.6 Å². The first-order valence-electron chi connectivity index (χ1n) is 12.6. The molecule has 0 saturated carbocycles. The van der Waals surface area contributed by atoms with Crippen molar-refractivity contribution in [1.82, 2.24) is 9.78 Å². The number of aromatic nitrogens is 2. The molecule has 1 N–H and O–H groups in total. The van der Waals surface area contributed by atoms with Gasteiger partial charge in [-0.2, -0.15) is 10.4 Å². The van der Waals surface area contributed by atoms with Crippen LogP contribution in [0.3, 0.4) is 0 Å². The maximum absolute atomic E-state index is 9.70. The minimum Gasteiger partial charge on any atom is -0.371 e. The highest BCUT2D eigenvalue weighted by atomic mass is 15.4. The van der Waals surface area contributed by atoms with Crippen LogP contribution < -0.4 is 5.32 Å². The van der Waals surface area contributed by atoms with Crippen LogP contribution in [0.1, 0.15) is 22.3 Å². The molecule has 4 nitrogen and oxygen atoms in total. The number of rotatable bonds is 6. The van der Waals surface area contributed by atoms with E-state index in [2.05, 4.69) is 107 Å². The predicted molar refractivity (Wildman–Crippen MR) is 154 cm³/mol. The fourth-order valence-corrected chi connectivity index (χ4v) is 5.46. The van der Waals surface area contributed by atoms with Crippen molar-refractivity contribution in [3.05, 3.63) is 156 Å². The second-order valence-corrected chi connectivity index (χ2v) is 9.21. The van der Waals surface area contributed by atoms with Crippen molar-refractivity contribution in [2.75, 3.05) is 12.4 Å². The lowest BCUT2D eigenvalue weighted by atomic mass is 9.77. The summed E-state index contributed by atoms with van der Waals surface area (Å²) in [5.41, 5.74) is 6.16. The SMILES string of the molecule is CNc1nn(C(c2ccccc2)(c2ccccc2)c2ccccc2)c2ccc(-c3ccccc3C#N)cc12. The summed E-state index contributed by atoms with van der Waals surface area (Å²) in [6, 6.07) is 48.0. The first-order chi connectivity index (χ1) is 18.8. The Morgan fingerprint density at radius 3 is 1.74 bits per heavy atom. The molecule has 0 amide bonds. The van der Waals surface area contributed by atoms with Gasteiger partial charge in [-0.05, 0) is 46.0 Å². The first-order valence-corrected chi connectivity index (χ1v) is 12.6. The van der Waals surface area contributed by atoms with Gasteiger partial charge in [0.1, 0.15) is 5.54 Å². The Morgan fingerprint density at radius 1 is 0.684 bits per heavy atom. The van der Waals surface area contributed by atoms with Crippen molar-refractivity contribution >= 4 is 16.7 Å². The Labute approximate surface area is 222 Å². The summed E-state index contributed by atoms with van der Waals surface area (Å²) in [5, 5.41) is 19.2. The van der Waals surface area contributed by atoms with Gasteiger partial charge in [-0.3, -0.25) is 0 Å². The van der Waals surface area contributed by atoms with Crippen LogP contribution in [0.15, 0.2) is 133 Å². The van der Waals surface area contributed by atoms with E-state index in [4.69, 9.17) is 5.10 Å². The largest absolute Gasteiger partial charge is 0.371 e. The molecule has 5 aromatic carbocycles. The number of nitriles is 1. The van der Waals surface area contributed by atoms with Crippen LogP contribution in [0, 0.1) is 11.3 Å². The van der Waals surface area contributed by atoms with E-state index in [1.54, 1.807) is 0 Å². The Balaban J connectivity index is 1.72. The van der Waals surface area contributed by atoms with E-state index in [9.17, 15) is 5.26 Å². The Hall–Kier alpha value is -5.14. The van der Waals surface area contributed by atoms with Gasteiger partial charge < -0.3 is 5.32 Å². The summed E-state index contributed by atoms with van der Waals surface area (Å²) < 4.78 is 2.15. The van der Waals surface area contributed by atoms with Crippen LogP contribution in [-0.2, 0) is 5.54 Å². The summed E-state index contributed by atoms with van der Waals surface area (Å²) in [6.45, 7) is 0. The Kier molecular flexibility index (Phi) is 5.95. The molecule has 0 aliphatic rings. The highest BCUT2D eigenvalue weighted by Gasteiger charge is 2.40. The maximum atomic E-state index is 9.70. The fraction of sp³-hybridized carbons (Fsp3) is 0.0588. The molecule has 0 saturated heterocycles. The summed E-state index contributed by atoms with van der Waals surface area (Å²) in [5.74, 6) is 0.781. The minimum absolute atomic E-state index is 0.650. The van der Waals surface area contributed by atoms with Crippen LogP contribution in [-0.4, -0.2) is 16.8 Å². The highest BCUT2D eigenvalue weighted by Crippen LogP contribution is 2.44. The quantitative estimate of drug-likeness (QED) is 0.247. The van der Waals surface area contributed by atoms with Crippen LogP contribution in [0.4, 0.5) is 5.82 Å². The second kappa shape index (κ2) is 9.72. The molecular weight excluding hydrogens is 464 g/mol. The second-order valence-electron chi connectivity index (χ2n) is 9.21. The molecule has 0 aliphatic heterocycles. The zero-order valence-corrected chi connectivity index (χ0v) is 21.0. The normalized spacial score (nSPS) is 11.3. The van der Waals surface area contributed by atoms with Gasteiger partial charge in [0, 0.05) is 12.4 Å². The molecule has 182 valence electrons. The van der Waals surface area contributed by atoms with Gasteiger partial charge in [0.15, 0.2) is 5.82 Å². The van der Waals surface area contributed by atoms with E-state index in [1.807, 2.05) is 49.5 Å². The zero-order chi connectivity index (χ0) is 26.0. The molecule has 1 aromatic heterocycles. The van der Waals surface area contributed by atoms with Crippen molar-refractivity contribution in [3.63, 3.8) is 0 Å². The van der Waals surface area contributed by atoms with E-state index in [0.29, 0.717) is 5.56 Å². The third-order valence-corrected chi connectivity index (χ3v) is 7.17. The molecule has 0 fully saturated rings. The first kappa shape index (κ1) is 23.3. The molecule has 0 spiro atoms. The lowest BCUT2D eigenvalue weighted by molar-refractivity contribution is 0.477. The molecule has 0 unspecified atom stereocenters. The maximum Gasteiger partial charge on any atom is 0.155 e. The van der Waals surface area contributed by atoms with Crippen molar-refractivity contribution in [1.29, 1.82) is 5.26 Å². The van der Waals surface area contributed by atoms with Gasteiger partial charge in [0.05, 0.1) is 17.1 Å². The molecule has 0 aliphatic carbocycles. The number of fused-ring (bicyclic) bond motifs is 1. The minimum atomic E-state index is -0.719. The average molecular weight is 491 g/mol. The molecule has 38 heavy (non-hydrogen) atoms. The number of hydrogen-bond donors (Lipinski definition) is 1. The molecule has 6 aromatic rings. The lowest BCUT2D eigenvalue weighted by Crippen LogP contribution is -2.38. The van der Waals surface area contributed by atoms with Crippen molar-refractivity contribution in [3.8, 4) is 17.2 Å². The van der Waals surface area contributed by atoms with Gasteiger partial charge in [-0.15, -0.1) is 0 Å². The van der Waals surface area contributed by atoms with Gasteiger partial charge in [0.2, 0.25) is 0 Å². The van der Waals surface area contributed by atoms with Crippen molar-refractivity contribution in [2.45, 2.75) is 5.54 Å². The molecule has 0 atom stereocenters. The van der Waals surface area contributed by atoms with Gasteiger partial charge >= 0.3 is 0 Å². The summed E-state index contributed by atoms with van der Waals surface area (Å²) in [7, 11) is 1.90. The van der Waals surface area contributed by atoms with Crippen molar-refractivity contribution in [2.24, 2.45) is 0 Å². The monoisotopic (exact) mass is 490 g/mol. The molecule has 4 heteroatoms. The number of hydrogen-bond acceptors (Lipinski definition) is 3. The number of anilines is 1. The molecule has 0 bridgehead atoms. The molecule has 0 radical (unpaired) electrons. The summed E-state index contributed by atoms with van der Waals surface area (Å²) in [4.78, 5) is 0. The third kappa shape index (κ3) is 3.65. The van der Waals surface area contributed by atoms with Gasteiger partial charge in [-0.1, -0.05) is 115 Å². The van der Waals surface area contributed by atoms with E-state index >= 15 is 0 Å². The summed E-state index contributed by atoms with van der Waals surface area (Å²) >= 11 is 0. The standard InChI is InChI=1S/C34H26N4/c1-36-33-31-23-25(30-20-12-11-13-26(30)24-35)21-22-32(31)38(37-33)34(27-14-5-2-6-15-27,28-16-7-3-8-17-28)29-18-9-4-10-19-29/h2-23H,1H3,(H,36,37). The van der Waals surface area contributed by atoms with Gasteiger partial charge in [0.25, 0.3) is 0 Å². The molecular formula is C34H26N4. The zero-order valence-electron chi connectivity index (χ0n) is 21.0. The third-order valence-electron chi connectivity index (χ3n) is 7.17. The van der Waals surface area contributed by atoms with E-state index < -0.39 is 5.54 Å². The van der Waals surface area contributed by atoms with Crippen LogP contribution >= 0.6 is 0 Å². The Bertz CT molecular complexity index is 1650. The number of nitrogens with one attached hydrogen (secondary N) is 1. The summed E-state index contributed by atoms with van der Waals surface area (Å²) in [6.07, 6.45) is 0. The highest BCUT2D eigenvalue weighted by molar-refractivity contribution is 5.95. The predicted octanol–water partition coefficient (Wildman–Crippen LogP) is 7.46. The van der Waals surface area contributed by atoms with Crippen LogP contribution in [0.25, 0.3) is 22.0 Å². The Morgan fingerprint density at radius 2 is 1.21 bits per heavy atom. The van der Waals surface area contributed by atoms with Crippen LogP contribution in [0.5, 0.6) is 0 Å². The van der Waals surface area contributed by atoms with E-state index in [-0.39, 0.29) is 0 Å². The number of benzene rings is 5. The number of nitrogens with zero attached hydrogens (tertiary/aromatic N) is 3. The van der Waals surface area contributed by atoms with Gasteiger partial charge in [-0.25, -0.2) is 4.68 Å². The molecule has 6 rings (SSSR count). The van der Waals surface area contributed by atoms with E-state index in [0.717, 1.165) is 44.5 Å². The smallest absolute Gasteiger partial charge is 0.155 e. The van der Waals surface area contributed by atoms with Crippen LogP contribution in [0.2, 0.25) is 0 Å². The average Bonchev–Trinajstić information content (AvgIpc) is 3.37. The fourth-order valence-electron chi connectivity index (χ4n) is 5.46. The van der Waals surface area contributed by atoms with E-state index in [1.165, 1.54) is 0 Å². The van der Waals surface area contributed by atoms with Crippen molar-refractivity contribution < 1.29 is 0 Å². The molecule has 1 heterocycles.